The highest BCUT2D eigenvalue weighted by molar-refractivity contribution is 9.10. The lowest BCUT2D eigenvalue weighted by Gasteiger charge is -2.14. The molecule has 0 aromatic heterocycles. The first-order valence-corrected chi connectivity index (χ1v) is 11.2. The zero-order chi connectivity index (χ0) is 24.0. The number of nitrogens with zero attached hydrogens (tertiary/aromatic N) is 1. The molecule has 0 bridgehead atoms. The predicted molar refractivity (Wildman–Crippen MR) is 135 cm³/mol. The first-order chi connectivity index (χ1) is 15.8. The van der Waals surface area contributed by atoms with Gasteiger partial charge in [-0.05, 0) is 60.9 Å². The van der Waals surface area contributed by atoms with E-state index in [1.54, 1.807) is 18.2 Å². The maximum Gasteiger partial charge on any atom is 0.266 e. The maximum atomic E-state index is 12.7. The van der Waals surface area contributed by atoms with E-state index in [1.807, 2.05) is 56.3 Å². The lowest BCUT2D eigenvalue weighted by molar-refractivity contribution is -0.112. The number of rotatable bonds is 7. The minimum atomic E-state index is -0.504. The molecular weight excluding hydrogens is 504 g/mol. The summed E-state index contributed by atoms with van der Waals surface area (Å²) in [5.41, 5.74) is 4.08. The Balaban J connectivity index is 1.85. The molecule has 168 valence electrons. The number of hydrogen-bond donors (Lipinski definition) is 1. The normalized spacial score (nSPS) is 11.0. The number of amides is 1. The predicted octanol–water partition coefficient (Wildman–Crippen LogP) is 6.85. The number of methoxy groups -OCH3 is 1. The molecule has 0 radical (unpaired) electrons. The Morgan fingerprint density at radius 3 is 2.64 bits per heavy atom. The summed E-state index contributed by atoms with van der Waals surface area (Å²) in [5, 5.41) is 12.7. The van der Waals surface area contributed by atoms with Crippen molar-refractivity contribution in [1.29, 1.82) is 5.26 Å². The number of hydrogen-bond acceptors (Lipinski definition) is 4. The minimum Gasteiger partial charge on any atom is -0.493 e. The van der Waals surface area contributed by atoms with Gasteiger partial charge in [-0.15, -0.1) is 0 Å². The van der Waals surface area contributed by atoms with E-state index in [1.165, 1.54) is 13.2 Å². The number of halogens is 2. The number of nitrogens with one attached hydrogen (secondary N) is 1. The van der Waals surface area contributed by atoms with Gasteiger partial charge in [-0.2, -0.15) is 5.26 Å². The molecular formula is C26H22BrClN2O3. The lowest BCUT2D eigenvalue weighted by Crippen LogP contribution is -2.14. The standard InChI is InChI=1S/C26H22BrClN2O3/c1-16-7-6-10-23(17(16)2)30-26(31)20(14-29)11-18-12-22(28)25(24(13-18)32-3)33-15-19-8-4-5-9-21(19)27/h4-13H,15H2,1-3H3,(H,30,31)/b20-11+. The summed E-state index contributed by atoms with van der Waals surface area (Å²) >= 11 is 9.96. The molecule has 0 aliphatic carbocycles. The first kappa shape index (κ1) is 24.4. The molecule has 5 nitrogen and oxygen atoms in total. The van der Waals surface area contributed by atoms with Crippen molar-refractivity contribution in [1.82, 2.24) is 0 Å². The van der Waals surface area contributed by atoms with Gasteiger partial charge in [-0.25, -0.2) is 0 Å². The van der Waals surface area contributed by atoms with Gasteiger partial charge in [-0.1, -0.05) is 57.9 Å². The molecule has 1 amide bonds. The second-order valence-corrected chi connectivity index (χ2v) is 8.55. The van der Waals surface area contributed by atoms with Gasteiger partial charge in [0.25, 0.3) is 5.91 Å². The number of ether oxygens (including phenoxy) is 2. The fourth-order valence-corrected chi connectivity index (χ4v) is 3.79. The fraction of sp³-hybridized carbons (Fsp3) is 0.154. The van der Waals surface area contributed by atoms with Crippen LogP contribution in [0.2, 0.25) is 5.02 Å². The summed E-state index contributed by atoms with van der Waals surface area (Å²) in [7, 11) is 1.50. The number of benzene rings is 3. The average molecular weight is 526 g/mol. The molecule has 0 aliphatic rings. The maximum absolute atomic E-state index is 12.7. The molecule has 0 saturated carbocycles. The number of carbonyl (C=O) groups excluding carboxylic acids is 1. The van der Waals surface area contributed by atoms with Crippen LogP contribution < -0.4 is 14.8 Å². The summed E-state index contributed by atoms with van der Waals surface area (Å²) in [5.74, 6) is 0.272. The summed E-state index contributed by atoms with van der Waals surface area (Å²) in [6.45, 7) is 4.16. The van der Waals surface area contributed by atoms with Crippen molar-refractivity contribution in [2.45, 2.75) is 20.5 Å². The van der Waals surface area contributed by atoms with Crippen LogP contribution in [0.25, 0.3) is 6.08 Å². The van der Waals surface area contributed by atoms with E-state index in [0.29, 0.717) is 27.8 Å². The first-order valence-electron chi connectivity index (χ1n) is 10.1. The molecule has 3 rings (SSSR count). The third-order valence-electron chi connectivity index (χ3n) is 5.11. The largest absolute Gasteiger partial charge is 0.493 e. The molecule has 0 fully saturated rings. The van der Waals surface area contributed by atoms with E-state index in [-0.39, 0.29) is 12.2 Å². The molecule has 7 heteroatoms. The van der Waals surface area contributed by atoms with E-state index >= 15 is 0 Å². The zero-order valence-electron chi connectivity index (χ0n) is 18.4. The molecule has 3 aromatic rings. The SMILES string of the molecule is COc1cc(/C=C(\C#N)C(=O)Nc2cccc(C)c2C)cc(Cl)c1OCc1ccccc1Br. The summed E-state index contributed by atoms with van der Waals surface area (Å²) in [6.07, 6.45) is 1.46. The minimum absolute atomic E-state index is 0.0593. The highest BCUT2D eigenvalue weighted by atomic mass is 79.9. The van der Waals surface area contributed by atoms with Crippen LogP contribution in [0.4, 0.5) is 5.69 Å². The van der Waals surface area contributed by atoms with Gasteiger partial charge in [0.15, 0.2) is 11.5 Å². The van der Waals surface area contributed by atoms with Crippen molar-refractivity contribution in [3.8, 4) is 17.6 Å². The monoisotopic (exact) mass is 524 g/mol. The average Bonchev–Trinajstić information content (AvgIpc) is 2.80. The van der Waals surface area contributed by atoms with Crippen molar-refractivity contribution >= 4 is 45.2 Å². The Labute approximate surface area is 206 Å². The third kappa shape index (κ3) is 5.95. The van der Waals surface area contributed by atoms with E-state index in [2.05, 4.69) is 21.2 Å². The van der Waals surface area contributed by atoms with Gasteiger partial charge >= 0.3 is 0 Å². The molecule has 1 N–H and O–H groups in total. The third-order valence-corrected chi connectivity index (χ3v) is 6.16. The Morgan fingerprint density at radius 2 is 1.94 bits per heavy atom. The van der Waals surface area contributed by atoms with Crippen LogP contribution in [-0.4, -0.2) is 13.0 Å². The highest BCUT2D eigenvalue weighted by Crippen LogP contribution is 2.38. The van der Waals surface area contributed by atoms with Gasteiger partial charge in [0.2, 0.25) is 0 Å². The second-order valence-electron chi connectivity index (χ2n) is 7.29. The van der Waals surface area contributed by atoms with Crippen LogP contribution in [0.15, 0.2) is 64.6 Å². The molecule has 0 atom stereocenters. The van der Waals surface area contributed by atoms with Crippen LogP contribution >= 0.6 is 27.5 Å². The van der Waals surface area contributed by atoms with Crippen LogP contribution in [0.1, 0.15) is 22.3 Å². The van der Waals surface area contributed by atoms with Crippen molar-refractivity contribution in [2.24, 2.45) is 0 Å². The number of anilines is 1. The summed E-state index contributed by atoms with van der Waals surface area (Å²) < 4.78 is 12.3. The Morgan fingerprint density at radius 1 is 1.18 bits per heavy atom. The van der Waals surface area contributed by atoms with Crippen molar-refractivity contribution in [2.75, 3.05) is 12.4 Å². The van der Waals surface area contributed by atoms with Crippen LogP contribution in [0, 0.1) is 25.2 Å². The van der Waals surface area contributed by atoms with E-state index in [0.717, 1.165) is 21.2 Å². The second kappa shape index (κ2) is 11.0. The number of carbonyl (C=O) groups is 1. The van der Waals surface area contributed by atoms with Crippen molar-refractivity contribution < 1.29 is 14.3 Å². The van der Waals surface area contributed by atoms with Gasteiger partial charge in [-0.3, -0.25) is 4.79 Å². The molecule has 3 aromatic carbocycles. The molecule has 33 heavy (non-hydrogen) atoms. The van der Waals surface area contributed by atoms with Crippen LogP contribution in [0.5, 0.6) is 11.5 Å². The van der Waals surface area contributed by atoms with Gasteiger partial charge < -0.3 is 14.8 Å². The number of aryl methyl sites for hydroxylation is 1. The molecule has 0 unspecified atom stereocenters. The highest BCUT2D eigenvalue weighted by Gasteiger charge is 2.15. The Kier molecular flexibility index (Phi) is 8.16. The molecule has 0 aliphatic heterocycles. The van der Waals surface area contributed by atoms with Crippen LogP contribution in [0.3, 0.4) is 0 Å². The number of nitriles is 1. The van der Waals surface area contributed by atoms with Gasteiger partial charge in [0, 0.05) is 15.7 Å². The Bertz CT molecular complexity index is 1260. The van der Waals surface area contributed by atoms with E-state index < -0.39 is 5.91 Å². The van der Waals surface area contributed by atoms with Gasteiger partial charge in [0.05, 0.1) is 12.1 Å². The van der Waals surface area contributed by atoms with Crippen LogP contribution in [-0.2, 0) is 11.4 Å². The summed E-state index contributed by atoms with van der Waals surface area (Å²) in [6, 6.07) is 18.6. The summed E-state index contributed by atoms with van der Waals surface area (Å²) in [4.78, 5) is 12.7. The quantitative estimate of drug-likeness (QED) is 0.270. The molecule has 0 spiro atoms. The van der Waals surface area contributed by atoms with E-state index in [4.69, 9.17) is 21.1 Å². The zero-order valence-corrected chi connectivity index (χ0v) is 20.8. The van der Waals surface area contributed by atoms with Gasteiger partial charge in [0.1, 0.15) is 18.2 Å². The van der Waals surface area contributed by atoms with Crippen molar-refractivity contribution in [3.63, 3.8) is 0 Å². The molecule has 0 saturated heterocycles. The van der Waals surface area contributed by atoms with E-state index in [9.17, 15) is 10.1 Å². The van der Waals surface area contributed by atoms with Crippen molar-refractivity contribution in [3.05, 3.63) is 91.9 Å². The smallest absolute Gasteiger partial charge is 0.266 e. The molecule has 0 heterocycles. The topological polar surface area (TPSA) is 71.3 Å². The Hall–Kier alpha value is -3.27. The fourth-order valence-electron chi connectivity index (χ4n) is 3.12. The lowest BCUT2D eigenvalue weighted by atomic mass is 10.1.